The van der Waals surface area contributed by atoms with Crippen LogP contribution in [0.2, 0.25) is 0 Å². The Kier molecular flexibility index (Phi) is 4.41. The topological polar surface area (TPSA) is 56.5 Å². The number of nitrogens with two attached hydrogens (primary N) is 1. The second-order valence-corrected chi connectivity index (χ2v) is 4.96. The van der Waals surface area contributed by atoms with E-state index < -0.39 is 0 Å². The van der Waals surface area contributed by atoms with Gasteiger partial charge in [-0.25, -0.2) is 4.39 Å². The van der Waals surface area contributed by atoms with Gasteiger partial charge in [-0.1, -0.05) is 0 Å². The fourth-order valence-electron chi connectivity index (χ4n) is 1.59. The van der Waals surface area contributed by atoms with Crippen LogP contribution in [0.5, 0.6) is 0 Å². The van der Waals surface area contributed by atoms with Gasteiger partial charge >= 0.3 is 0 Å². The SMILES string of the molecule is Nc1cc(I)c(F)cc1NCC1COCCO1. The third-order valence-corrected chi connectivity index (χ3v) is 3.32. The Bertz CT molecular complexity index is 397. The second kappa shape index (κ2) is 5.83. The van der Waals surface area contributed by atoms with Crippen LogP contribution in [-0.2, 0) is 9.47 Å². The lowest BCUT2D eigenvalue weighted by molar-refractivity contribution is -0.0818. The summed E-state index contributed by atoms with van der Waals surface area (Å²) in [5.74, 6) is -0.275. The summed E-state index contributed by atoms with van der Waals surface area (Å²) in [5.41, 5.74) is 6.93. The molecule has 1 atom stereocenters. The van der Waals surface area contributed by atoms with Crippen molar-refractivity contribution in [2.45, 2.75) is 6.10 Å². The second-order valence-electron chi connectivity index (χ2n) is 3.80. The van der Waals surface area contributed by atoms with Gasteiger partial charge in [-0.05, 0) is 28.7 Å². The summed E-state index contributed by atoms with van der Waals surface area (Å²) in [6.07, 6.45) is -0.00881. The Labute approximate surface area is 113 Å². The fourth-order valence-corrected chi connectivity index (χ4v) is 2.08. The van der Waals surface area contributed by atoms with Crippen molar-refractivity contribution in [3.05, 3.63) is 21.5 Å². The predicted molar refractivity (Wildman–Crippen MR) is 72.6 cm³/mol. The maximum Gasteiger partial charge on any atom is 0.138 e. The molecular weight excluding hydrogens is 338 g/mol. The molecule has 6 heteroatoms. The van der Waals surface area contributed by atoms with E-state index in [1.807, 2.05) is 22.6 Å². The van der Waals surface area contributed by atoms with Crippen LogP contribution in [0.3, 0.4) is 0 Å². The molecule has 1 aromatic rings. The van der Waals surface area contributed by atoms with Crippen molar-refractivity contribution in [1.82, 2.24) is 0 Å². The van der Waals surface area contributed by atoms with Gasteiger partial charge in [0.1, 0.15) is 5.82 Å². The summed E-state index contributed by atoms with van der Waals surface area (Å²) >= 11 is 1.91. The van der Waals surface area contributed by atoms with E-state index in [0.717, 1.165) is 0 Å². The van der Waals surface area contributed by atoms with E-state index in [1.54, 1.807) is 6.07 Å². The number of rotatable bonds is 3. The highest BCUT2D eigenvalue weighted by atomic mass is 127. The molecule has 1 aromatic carbocycles. The van der Waals surface area contributed by atoms with Crippen LogP contribution in [-0.4, -0.2) is 32.5 Å². The van der Waals surface area contributed by atoms with Crippen LogP contribution in [0.4, 0.5) is 15.8 Å². The molecular formula is C11H14FIN2O2. The molecule has 0 spiro atoms. The molecule has 0 aliphatic carbocycles. The molecule has 0 saturated carbocycles. The average Bonchev–Trinajstić information content (AvgIpc) is 2.33. The maximum absolute atomic E-state index is 13.4. The monoisotopic (exact) mass is 352 g/mol. The molecule has 0 amide bonds. The van der Waals surface area contributed by atoms with Gasteiger partial charge in [0.05, 0.1) is 40.9 Å². The zero-order valence-corrected chi connectivity index (χ0v) is 11.4. The van der Waals surface area contributed by atoms with Crippen LogP contribution < -0.4 is 11.1 Å². The van der Waals surface area contributed by atoms with Crippen molar-refractivity contribution in [1.29, 1.82) is 0 Å². The summed E-state index contributed by atoms with van der Waals surface area (Å²) in [5, 5.41) is 3.08. The summed E-state index contributed by atoms with van der Waals surface area (Å²) in [4.78, 5) is 0. The number of nitrogens with one attached hydrogen (secondary N) is 1. The Morgan fingerprint density at radius 3 is 3.00 bits per heavy atom. The smallest absolute Gasteiger partial charge is 0.138 e. The third-order valence-electron chi connectivity index (χ3n) is 2.50. The summed E-state index contributed by atoms with van der Waals surface area (Å²) in [6.45, 7) is 2.35. The number of ether oxygens (including phenoxy) is 2. The molecule has 94 valence electrons. The van der Waals surface area contributed by atoms with Gasteiger partial charge in [-0.15, -0.1) is 0 Å². The molecule has 1 unspecified atom stereocenters. The lowest BCUT2D eigenvalue weighted by Crippen LogP contribution is -2.34. The van der Waals surface area contributed by atoms with E-state index in [-0.39, 0.29) is 11.9 Å². The molecule has 0 bridgehead atoms. The van der Waals surface area contributed by atoms with Gasteiger partial charge in [-0.3, -0.25) is 0 Å². The zero-order valence-electron chi connectivity index (χ0n) is 9.21. The van der Waals surface area contributed by atoms with E-state index in [2.05, 4.69) is 5.32 Å². The molecule has 3 N–H and O–H groups in total. The predicted octanol–water partition coefficient (Wildman–Crippen LogP) is 1.84. The van der Waals surface area contributed by atoms with Gasteiger partial charge in [0.15, 0.2) is 0 Å². The van der Waals surface area contributed by atoms with Crippen LogP contribution in [0.1, 0.15) is 0 Å². The largest absolute Gasteiger partial charge is 0.397 e. The number of hydrogen-bond acceptors (Lipinski definition) is 4. The Hall–Kier alpha value is -0.600. The van der Waals surface area contributed by atoms with Crippen molar-refractivity contribution in [2.75, 3.05) is 37.4 Å². The number of benzene rings is 1. The average molecular weight is 352 g/mol. The van der Waals surface area contributed by atoms with Crippen LogP contribution in [0.25, 0.3) is 0 Å². The Balaban J connectivity index is 1.96. The van der Waals surface area contributed by atoms with E-state index in [1.165, 1.54) is 6.07 Å². The maximum atomic E-state index is 13.4. The first-order valence-corrected chi connectivity index (χ1v) is 6.42. The molecule has 4 nitrogen and oxygen atoms in total. The molecule has 0 aromatic heterocycles. The van der Waals surface area contributed by atoms with Crippen molar-refractivity contribution in [3.8, 4) is 0 Å². The van der Waals surface area contributed by atoms with E-state index in [9.17, 15) is 4.39 Å². The minimum absolute atomic E-state index is 0.00881. The lowest BCUT2D eigenvalue weighted by atomic mass is 10.2. The minimum Gasteiger partial charge on any atom is -0.397 e. The van der Waals surface area contributed by atoms with E-state index in [0.29, 0.717) is 41.3 Å². The van der Waals surface area contributed by atoms with Gasteiger partial charge in [0, 0.05) is 12.6 Å². The first-order chi connectivity index (χ1) is 8.16. The number of halogens is 2. The number of nitrogen functional groups attached to an aromatic ring is 1. The van der Waals surface area contributed by atoms with Gasteiger partial charge in [0.2, 0.25) is 0 Å². The molecule has 1 aliphatic rings. The molecule has 1 saturated heterocycles. The van der Waals surface area contributed by atoms with E-state index >= 15 is 0 Å². The molecule has 2 rings (SSSR count). The lowest BCUT2D eigenvalue weighted by Gasteiger charge is -2.23. The van der Waals surface area contributed by atoms with Crippen LogP contribution in [0.15, 0.2) is 12.1 Å². The van der Waals surface area contributed by atoms with Crippen molar-refractivity contribution >= 4 is 34.0 Å². The molecule has 0 radical (unpaired) electrons. The quantitative estimate of drug-likeness (QED) is 0.644. The van der Waals surface area contributed by atoms with Crippen molar-refractivity contribution < 1.29 is 13.9 Å². The van der Waals surface area contributed by atoms with Crippen molar-refractivity contribution in [2.24, 2.45) is 0 Å². The van der Waals surface area contributed by atoms with Gasteiger partial charge < -0.3 is 20.5 Å². The standard InChI is InChI=1S/C11H14FIN2O2/c12-8-3-11(10(14)4-9(8)13)15-5-7-6-16-1-2-17-7/h3-4,7,15H,1-2,5-6,14H2. The summed E-state index contributed by atoms with van der Waals surface area (Å²) in [7, 11) is 0. The summed E-state index contributed by atoms with van der Waals surface area (Å²) < 4.78 is 24.6. The minimum atomic E-state index is -0.275. The van der Waals surface area contributed by atoms with Gasteiger partial charge in [0.25, 0.3) is 0 Å². The first kappa shape index (κ1) is 12.8. The first-order valence-electron chi connectivity index (χ1n) is 5.34. The molecule has 1 aliphatic heterocycles. The third kappa shape index (κ3) is 3.43. The summed E-state index contributed by atoms with van der Waals surface area (Å²) in [6, 6.07) is 3.01. The number of anilines is 2. The Morgan fingerprint density at radius 2 is 2.29 bits per heavy atom. The highest BCUT2D eigenvalue weighted by Gasteiger charge is 2.14. The zero-order chi connectivity index (χ0) is 12.3. The van der Waals surface area contributed by atoms with Crippen molar-refractivity contribution in [3.63, 3.8) is 0 Å². The van der Waals surface area contributed by atoms with Crippen LogP contribution in [0, 0.1) is 9.39 Å². The highest BCUT2D eigenvalue weighted by molar-refractivity contribution is 14.1. The Morgan fingerprint density at radius 1 is 1.47 bits per heavy atom. The van der Waals surface area contributed by atoms with E-state index in [4.69, 9.17) is 15.2 Å². The van der Waals surface area contributed by atoms with Crippen LogP contribution >= 0.6 is 22.6 Å². The highest BCUT2D eigenvalue weighted by Crippen LogP contribution is 2.24. The fraction of sp³-hybridized carbons (Fsp3) is 0.455. The number of hydrogen-bond donors (Lipinski definition) is 2. The molecule has 17 heavy (non-hydrogen) atoms. The molecule has 1 heterocycles. The normalized spacial score (nSPS) is 20.2. The molecule has 1 fully saturated rings. The van der Waals surface area contributed by atoms with Gasteiger partial charge in [-0.2, -0.15) is 0 Å².